The molecule has 0 saturated carbocycles. The largest absolute Gasteiger partial charge is 0.350 e. The summed E-state index contributed by atoms with van der Waals surface area (Å²) >= 11 is 0. The molecule has 162 valence electrons. The highest BCUT2D eigenvalue weighted by molar-refractivity contribution is 7.53. The Labute approximate surface area is 171 Å². The molecular weight excluding hydrogens is 397 g/mol. The van der Waals surface area contributed by atoms with Gasteiger partial charge in [-0.25, -0.2) is 0 Å². The molecule has 2 N–H and O–H groups in total. The van der Waals surface area contributed by atoms with Gasteiger partial charge in [-0.1, -0.05) is 30.3 Å². The molecule has 3 amide bonds. The van der Waals surface area contributed by atoms with Crippen LogP contribution in [0.4, 0.5) is 0 Å². The molecule has 0 radical (unpaired) electrons. The summed E-state index contributed by atoms with van der Waals surface area (Å²) in [7, 11) is -3.47. The van der Waals surface area contributed by atoms with E-state index in [4.69, 9.17) is 9.05 Å². The summed E-state index contributed by atoms with van der Waals surface area (Å²) in [5.74, 6) is -0.952. The Bertz CT molecular complexity index is 716. The molecule has 1 rings (SSSR count). The minimum Gasteiger partial charge on any atom is -0.350 e. The van der Waals surface area contributed by atoms with Gasteiger partial charge < -0.3 is 24.6 Å². The number of nitrogens with one attached hydrogen (secondary N) is 2. The molecule has 1 aromatic carbocycles. The van der Waals surface area contributed by atoms with Gasteiger partial charge in [0.15, 0.2) is 0 Å². The molecule has 0 bridgehead atoms. The van der Waals surface area contributed by atoms with Crippen molar-refractivity contribution >= 4 is 25.8 Å². The van der Waals surface area contributed by atoms with Gasteiger partial charge in [0.2, 0.25) is 18.2 Å². The van der Waals surface area contributed by atoms with Crippen molar-refractivity contribution in [2.45, 2.75) is 39.8 Å². The summed E-state index contributed by atoms with van der Waals surface area (Å²) in [5.41, 5.74) is -0.470. The van der Waals surface area contributed by atoms with Crippen molar-refractivity contribution in [3.63, 3.8) is 0 Å². The Balaban J connectivity index is 3.01. The number of hydrogen-bond donors (Lipinski definition) is 2. The fourth-order valence-electron chi connectivity index (χ4n) is 2.62. The third-order valence-corrected chi connectivity index (χ3v) is 5.99. The number of carbonyl (C=O) groups excluding carboxylic acids is 3. The van der Waals surface area contributed by atoms with Crippen LogP contribution >= 0.6 is 7.60 Å². The van der Waals surface area contributed by atoms with Crippen molar-refractivity contribution in [3.05, 3.63) is 35.9 Å². The lowest BCUT2D eigenvalue weighted by molar-refractivity contribution is -0.146. The van der Waals surface area contributed by atoms with Crippen LogP contribution in [-0.4, -0.2) is 54.7 Å². The molecule has 0 spiro atoms. The number of hydrogen-bond acceptors (Lipinski definition) is 6. The number of benzene rings is 1. The maximum absolute atomic E-state index is 12.9. The van der Waals surface area contributed by atoms with Crippen LogP contribution in [0.5, 0.6) is 0 Å². The Morgan fingerprint density at radius 3 is 2.24 bits per heavy atom. The third kappa shape index (κ3) is 7.61. The van der Waals surface area contributed by atoms with Crippen molar-refractivity contribution in [3.8, 4) is 0 Å². The summed E-state index contributed by atoms with van der Waals surface area (Å²) in [4.78, 5) is 37.5. The second kappa shape index (κ2) is 11.7. The van der Waals surface area contributed by atoms with Gasteiger partial charge in [0.1, 0.15) is 11.8 Å². The van der Waals surface area contributed by atoms with Gasteiger partial charge in [0.05, 0.1) is 19.8 Å². The molecule has 10 heteroatoms. The van der Waals surface area contributed by atoms with Crippen molar-refractivity contribution in [2.75, 3.05) is 26.0 Å². The molecule has 0 aliphatic rings. The standard InChI is InChI=1S/C19H30N3O6P/c1-5-27-29(26,28-6-2)15-21-18(25)19(3,4)22(17(24)12-20-14-23)13-16-10-8-7-9-11-16/h7-11,14H,5-6,12-13,15H2,1-4H3,(H,20,23)(H,21,25). The first-order valence-corrected chi connectivity index (χ1v) is 11.1. The highest BCUT2D eigenvalue weighted by Gasteiger charge is 2.39. The van der Waals surface area contributed by atoms with Crippen LogP contribution in [0.25, 0.3) is 0 Å². The second-order valence-corrected chi connectivity index (χ2v) is 8.69. The van der Waals surface area contributed by atoms with Crippen molar-refractivity contribution in [1.29, 1.82) is 0 Å². The van der Waals surface area contributed by atoms with E-state index in [1.54, 1.807) is 27.7 Å². The maximum atomic E-state index is 12.9. The Morgan fingerprint density at radius 1 is 1.14 bits per heavy atom. The van der Waals surface area contributed by atoms with Crippen LogP contribution in [0.15, 0.2) is 30.3 Å². The first-order chi connectivity index (χ1) is 13.7. The highest BCUT2D eigenvalue weighted by atomic mass is 31.2. The molecule has 0 aromatic heterocycles. The van der Waals surface area contributed by atoms with E-state index in [9.17, 15) is 18.9 Å². The molecule has 1 aromatic rings. The zero-order chi connectivity index (χ0) is 21.9. The first-order valence-electron chi connectivity index (χ1n) is 9.38. The fourth-order valence-corrected chi connectivity index (χ4v) is 4.00. The molecule has 29 heavy (non-hydrogen) atoms. The lowest BCUT2D eigenvalue weighted by Crippen LogP contribution is -2.58. The monoisotopic (exact) mass is 427 g/mol. The molecule has 0 aliphatic heterocycles. The van der Waals surface area contributed by atoms with Gasteiger partial charge in [-0.15, -0.1) is 0 Å². The number of carbonyl (C=O) groups is 3. The van der Waals surface area contributed by atoms with Gasteiger partial charge in [-0.05, 0) is 33.3 Å². The third-order valence-electron chi connectivity index (χ3n) is 4.14. The molecular formula is C19H30N3O6P. The van der Waals surface area contributed by atoms with Crippen LogP contribution in [0, 0.1) is 0 Å². The van der Waals surface area contributed by atoms with E-state index < -0.39 is 24.9 Å². The Morgan fingerprint density at radius 2 is 1.72 bits per heavy atom. The van der Waals surface area contributed by atoms with E-state index in [1.807, 2.05) is 30.3 Å². The Hall–Kier alpha value is -2.22. The molecule has 0 unspecified atom stereocenters. The van der Waals surface area contributed by atoms with Gasteiger partial charge in [-0.3, -0.25) is 18.9 Å². The molecule has 0 fully saturated rings. The predicted molar refractivity (Wildman–Crippen MR) is 109 cm³/mol. The van der Waals surface area contributed by atoms with Crippen molar-refractivity contribution in [2.24, 2.45) is 0 Å². The van der Waals surface area contributed by atoms with Gasteiger partial charge >= 0.3 is 7.60 Å². The van der Waals surface area contributed by atoms with E-state index in [2.05, 4.69) is 10.6 Å². The average Bonchev–Trinajstić information content (AvgIpc) is 2.69. The summed E-state index contributed by atoms with van der Waals surface area (Å²) in [5, 5.41) is 4.90. The van der Waals surface area contributed by atoms with Crippen LogP contribution in [0.1, 0.15) is 33.3 Å². The minimum absolute atomic E-state index is 0.162. The normalized spacial score (nSPS) is 11.6. The second-order valence-electron chi connectivity index (χ2n) is 6.63. The quantitative estimate of drug-likeness (QED) is 0.367. The SMILES string of the molecule is CCOP(=O)(CNC(=O)C(C)(C)N(Cc1ccccc1)C(=O)CNC=O)OCC. The van der Waals surface area contributed by atoms with E-state index in [0.29, 0.717) is 6.41 Å². The topological polar surface area (TPSA) is 114 Å². The van der Waals surface area contributed by atoms with Gasteiger partial charge in [0.25, 0.3) is 0 Å². The average molecular weight is 427 g/mol. The van der Waals surface area contributed by atoms with E-state index in [-0.39, 0.29) is 32.6 Å². The fraction of sp³-hybridized carbons (Fsp3) is 0.526. The first kappa shape index (κ1) is 24.8. The molecule has 9 nitrogen and oxygen atoms in total. The number of rotatable bonds is 13. The van der Waals surface area contributed by atoms with Crippen LogP contribution in [0.2, 0.25) is 0 Å². The predicted octanol–water partition coefficient (Wildman–Crippen LogP) is 1.88. The van der Waals surface area contributed by atoms with Gasteiger partial charge in [-0.2, -0.15) is 0 Å². The molecule has 0 saturated heterocycles. The van der Waals surface area contributed by atoms with Gasteiger partial charge in [0, 0.05) is 6.54 Å². The highest BCUT2D eigenvalue weighted by Crippen LogP contribution is 2.46. The Kier molecular flexibility index (Phi) is 10.0. The maximum Gasteiger partial charge on any atom is 0.349 e. The smallest absolute Gasteiger partial charge is 0.349 e. The summed E-state index contributed by atoms with van der Waals surface area (Å²) in [6.45, 7) is 6.78. The van der Waals surface area contributed by atoms with E-state index >= 15 is 0 Å². The number of nitrogens with zero attached hydrogens (tertiary/aromatic N) is 1. The van der Waals surface area contributed by atoms with Crippen LogP contribution in [-0.2, 0) is 34.5 Å². The number of amides is 3. The lowest BCUT2D eigenvalue weighted by Gasteiger charge is -2.37. The molecule has 0 heterocycles. The molecule has 0 atom stereocenters. The zero-order valence-electron chi connectivity index (χ0n) is 17.3. The van der Waals surface area contributed by atoms with Crippen LogP contribution in [0.3, 0.4) is 0 Å². The summed E-state index contributed by atoms with van der Waals surface area (Å²) < 4.78 is 22.9. The summed E-state index contributed by atoms with van der Waals surface area (Å²) in [6, 6.07) is 9.17. The zero-order valence-corrected chi connectivity index (χ0v) is 18.2. The van der Waals surface area contributed by atoms with Crippen molar-refractivity contribution in [1.82, 2.24) is 15.5 Å². The van der Waals surface area contributed by atoms with Crippen LogP contribution < -0.4 is 10.6 Å². The van der Waals surface area contributed by atoms with Crippen molar-refractivity contribution < 1.29 is 28.0 Å². The minimum atomic E-state index is -3.47. The molecule has 0 aliphatic carbocycles. The lowest BCUT2D eigenvalue weighted by atomic mass is 10.00. The van der Waals surface area contributed by atoms with E-state index in [1.165, 1.54) is 4.90 Å². The van der Waals surface area contributed by atoms with E-state index in [0.717, 1.165) is 5.56 Å². The summed E-state index contributed by atoms with van der Waals surface area (Å²) in [6.07, 6.45) is 0.114.